The summed E-state index contributed by atoms with van der Waals surface area (Å²) in [6, 6.07) is 2.47. The fourth-order valence-electron chi connectivity index (χ4n) is 6.18. The van der Waals surface area contributed by atoms with Crippen molar-refractivity contribution in [3.05, 3.63) is 39.8 Å². The van der Waals surface area contributed by atoms with E-state index in [1.807, 2.05) is 0 Å². The van der Waals surface area contributed by atoms with Crippen LogP contribution in [0.5, 0.6) is 11.5 Å². The second kappa shape index (κ2) is 14.8. The molecule has 0 spiro atoms. The summed E-state index contributed by atoms with van der Waals surface area (Å²) in [7, 11) is 0. The number of carbonyl (C=O) groups excluding carboxylic acids is 4. The lowest BCUT2D eigenvalue weighted by molar-refractivity contribution is -0.911. The van der Waals surface area contributed by atoms with Crippen molar-refractivity contribution in [1.82, 2.24) is 19.6 Å². The molecular weight excluding hydrogens is 718 g/mol. The number of halogens is 1. The number of amides is 2. The van der Waals surface area contributed by atoms with Crippen molar-refractivity contribution < 1.29 is 53.3 Å². The number of nitrogens with one attached hydrogen (secondary N) is 1. The molecule has 3 aliphatic heterocycles. The predicted molar refractivity (Wildman–Crippen MR) is 180 cm³/mol. The van der Waals surface area contributed by atoms with E-state index in [1.54, 1.807) is 0 Å². The Labute approximate surface area is 298 Å². The minimum Gasteiger partial charge on any atom is -0.504 e. The average Bonchev–Trinajstić information content (AvgIpc) is 3.71. The number of carboxylic acid groups (broad SMARTS) is 1. The number of likely N-dealkylation sites (tertiary alicyclic amines) is 1. The van der Waals surface area contributed by atoms with Crippen LogP contribution in [0.4, 0.5) is 5.13 Å². The number of aromatic hydroxyl groups is 2. The predicted octanol–water partition coefficient (Wildman–Crippen LogP) is 1.68. The molecule has 6 N–H and O–H groups in total. The smallest absolute Gasteiger partial charge is 0.352 e. The van der Waals surface area contributed by atoms with Gasteiger partial charge in [-0.1, -0.05) is 16.8 Å². The van der Waals surface area contributed by atoms with Crippen molar-refractivity contribution in [2.45, 2.75) is 44.3 Å². The molecule has 20 heteroatoms. The zero-order chi connectivity index (χ0) is 36.4. The summed E-state index contributed by atoms with van der Waals surface area (Å²) in [6.45, 7) is 5.45. The fourth-order valence-corrected chi connectivity index (χ4v) is 8.26. The highest BCUT2D eigenvalue weighted by atomic mass is 35.5. The van der Waals surface area contributed by atoms with Crippen molar-refractivity contribution >= 4 is 75.8 Å². The number of ketones is 1. The Morgan fingerprint density at radius 1 is 1.26 bits per heavy atom. The van der Waals surface area contributed by atoms with Crippen molar-refractivity contribution in [1.29, 1.82) is 0 Å². The van der Waals surface area contributed by atoms with Gasteiger partial charge in [-0.3, -0.25) is 24.1 Å². The first-order valence-electron chi connectivity index (χ1n) is 15.4. The second-order valence-electron chi connectivity index (χ2n) is 12.4. The Bertz CT molecular complexity index is 1780. The van der Waals surface area contributed by atoms with Gasteiger partial charge in [-0.15, -0.1) is 11.8 Å². The van der Waals surface area contributed by atoms with Crippen LogP contribution in [-0.2, 0) is 28.8 Å². The van der Waals surface area contributed by atoms with E-state index in [1.165, 1.54) is 42.6 Å². The Hall–Kier alpha value is -4.46. The van der Waals surface area contributed by atoms with Crippen molar-refractivity contribution in [3.8, 4) is 11.5 Å². The number of rotatable bonds is 15. The maximum absolute atomic E-state index is 13.5. The molecule has 1 aromatic carbocycles. The molecule has 1 aromatic heterocycles. The largest absolute Gasteiger partial charge is 0.504 e. The van der Waals surface area contributed by atoms with E-state index in [2.05, 4.69) is 19.8 Å². The molecule has 2 saturated heterocycles. The lowest BCUT2D eigenvalue weighted by Gasteiger charge is -2.50. The van der Waals surface area contributed by atoms with Crippen LogP contribution in [0.3, 0.4) is 0 Å². The van der Waals surface area contributed by atoms with Gasteiger partial charge in [0, 0.05) is 56.0 Å². The molecule has 50 heavy (non-hydrogen) atoms. The first kappa shape index (κ1) is 36.8. The number of hydrogen-bond donors (Lipinski definition) is 5. The number of ether oxygens (including phenoxy) is 1. The molecule has 17 nitrogen and oxygen atoms in total. The number of quaternary nitrogens is 1. The summed E-state index contributed by atoms with van der Waals surface area (Å²) in [5.41, 5.74) is 5.83. The molecule has 2 amide bonds. The third kappa shape index (κ3) is 7.64. The number of thioether (sulfide) groups is 1. The number of nitrogen functional groups attached to an aromatic ring is 1. The summed E-state index contributed by atoms with van der Waals surface area (Å²) in [5.74, 6) is -6.23. The monoisotopic (exact) mass is 752 g/mol. The number of carbonyl (C=O) groups is 5. The van der Waals surface area contributed by atoms with Gasteiger partial charge in [-0.25, -0.2) is 4.79 Å². The van der Waals surface area contributed by atoms with E-state index in [-0.39, 0.29) is 52.4 Å². The Morgan fingerprint density at radius 2 is 1.98 bits per heavy atom. The number of fused-ring (bicyclic) bond motifs is 1. The Balaban J connectivity index is 1.29. The third-order valence-electron chi connectivity index (χ3n) is 8.62. The number of hydrogen-bond acceptors (Lipinski definition) is 15. The van der Waals surface area contributed by atoms with Crippen LogP contribution in [0.1, 0.15) is 49.3 Å². The minimum atomic E-state index is -1.53. The zero-order valence-electron chi connectivity index (χ0n) is 27.0. The van der Waals surface area contributed by atoms with E-state index >= 15 is 0 Å². The van der Waals surface area contributed by atoms with Crippen LogP contribution in [0.25, 0.3) is 0 Å². The van der Waals surface area contributed by atoms with Crippen LogP contribution in [0.15, 0.2) is 28.6 Å². The molecule has 2 aromatic rings. The van der Waals surface area contributed by atoms with E-state index in [4.69, 9.17) is 26.9 Å². The lowest BCUT2D eigenvalue weighted by atomic mass is 9.89. The maximum atomic E-state index is 13.5. The fraction of sp³-hybridized carbons (Fsp3) is 0.467. The van der Waals surface area contributed by atoms with Crippen LogP contribution in [-0.4, -0.2) is 119 Å². The van der Waals surface area contributed by atoms with E-state index in [0.29, 0.717) is 28.9 Å². The van der Waals surface area contributed by atoms with Gasteiger partial charge in [0.05, 0.1) is 48.1 Å². The molecule has 0 saturated carbocycles. The van der Waals surface area contributed by atoms with Gasteiger partial charge in [0.2, 0.25) is 11.7 Å². The number of nitrogens with two attached hydrogens (primary N) is 1. The van der Waals surface area contributed by atoms with Crippen molar-refractivity contribution in [2.24, 2.45) is 11.1 Å². The maximum Gasteiger partial charge on any atom is 0.352 e. The number of nitrogens with zero attached hydrogens (tertiary/aromatic N) is 5. The molecule has 0 unspecified atom stereocenters. The minimum absolute atomic E-state index is 0.00138. The van der Waals surface area contributed by atoms with Gasteiger partial charge < -0.3 is 40.4 Å². The van der Waals surface area contributed by atoms with Crippen LogP contribution in [0, 0.1) is 5.92 Å². The number of β-lactam (4-membered cyclic amide) rings is 1. The molecule has 3 aliphatic rings. The molecule has 0 bridgehead atoms. The number of phenolic OH excluding ortho intramolecular Hbond substituents is 2. The molecular formula is C30H35ClN7O10S2+. The quantitative estimate of drug-likeness (QED) is 0.0331. The first-order valence-corrected chi connectivity index (χ1v) is 17.6. The number of carboxylic acids is 1. The number of phenols is 2. The number of aliphatic carboxylic acids is 1. The Kier molecular flexibility index (Phi) is 10.9. The van der Waals surface area contributed by atoms with E-state index in [0.717, 1.165) is 37.5 Å². The van der Waals surface area contributed by atoms with Gasteiger partial charge in [-0.2, -0.15) is 9.36 Å². The van der Waals surface area contributed by atoms with Gasteiger partial charge in [0.25, 0.3) is 18.2 Å². The lowest BCUT2D eigenvalue weighted by Crippen LogP contribution is -2.63. The number of anilines is 1. The van der Waals surface area contributed by atoms with Crippen molar-refractivity contribution in [2.75, 3.05) is 44.2 Å². The molecule has 268 valence electrons. The first-order chi connectivity index (χ1) is 23.7. The van der Waals surface area contributed by atoms with Gasteiger partial charge >= 0.3 is 5.97 Å². The van der Waals surface area contributed by atoms with Gasteiger partial charge in [-0.05, 0) is 12.1 Å². The second-order valence-corrected chi connectivity index (χ2v) is 14.7. The molecule has 5 rings (SSSR count). The van der Waals surface area contributed by atoms with Gasteiger partial charge in [0.15, 0.2) is 28.1 Å². The molecule has 2 atom stereocenters. The third-order valence-corrected chi connectivity index (χ3v) is 10.9. The number of benzene rings is 1. The van der Waals surface area contributed by atoms with Crippen LogP contribution in [0.2, 0.25) is 5.02 Å². The van der Waals surface area contributed by atoms with Crippen LogP contribution < -0.4 is 11.1 Å². The summed E-state index contributed by atoms with van der Waals surface area (Å²) < 4.78 is 9.32. The molecule has 0 radical (unpaired) electrons. The van der Waals surface area contributed by atoms with Crippen molar-refractivity contribution in [3.63, 3.8) is 0 Å². The number of Topliss-reactive ketones (excluding diaryl/α,β-unsaturated/α-hetero) is 1. The van der Waals surface area contributed by atoms with Gasteiger partial charge in [0.1, 0.15) is 12.2 Å². The highest BCUT2D eigenvalue weighted by Crippen LogP contribution is 2.46. The Morgan fingerprint density at radius 3 is 2.62 bits per heavy atom. The SMILES string of the molecule is CC(C)(OC=O)O/N=C(/C(=O)C[C@@H]1C(=O)N2C(C(=O)O)=C(C[N+]3(CCNC(=O)c4ccc(O)c(O)c4Cl)CCCC3)CS[C@H]12)c1nsc(N)n1. The highest BCUT2D eigenvalue weighted by Gasteiger charge is 2.55. The zero-order valence-corrected chi connectivity index (χ0v) is 29.3. The summed E-state index contributed by atoms with van der Waals surface area (Å²) >= 11 is 8.22. The summed E-state index contributed by atoms with van der Waals surface area (Å²) in [5, 5.41) is 35.6. The molecule has 2 fully saturated rings. The van der Waals surface area contributed by atoms with E-state index in [9.17, 15) is 39.3 Å². The standard InChI is InChI=1S/C30H34ClN7O10S2/c1-30(2,47-14-39)48-35-21(24-34-29(32)50-36-24)19(41)11-17-26(44)37-22(28(45)46)15(13-49-27(17)37)12-38(8-3-4-9-38)10-7-33-25(43)16-5-6-18(40)23(42)20(16)31/h5-6,14,17,27H,3-4,7-13H2,1-2H3,(H5-,32,33,34,35,36,40,41,42,43,45,46)/p+1/t17-,27-/m1/s1. The van der Waals surface area contributed by atoms with Crippen LogP contribution >= 0.6 is 34.9 Å². The average molecular weight is 753 g/mol. The topological polar surface area (TPSA) is 244 Å². The molecule has 0 aliphatic carbocycles. The molecule has 4 heterocycles. The highest BCUT2D eigenvalue weighted by molar-refractivity contribution is 8.00. The van der Waals surface area contributed by atoms with E-state index < -0.39 is 52.1 Å². The normalized spacial score (nSPS) is 20.2. The number of oxime groups is 1. The summed E-state index contributed by atoms with van der Waals surface area (Å²) in [6.07, 6.45) is 1.46. The summed E-state index contributed by atoms with van der Waals surface area (Å²) in [4.78, 5) is 73.7. The number of aromatic nitrogens is 2.